The number of carbonyl (C=O) groups is 1. The van der Waals surface area contributed by atoms with Crippen molar-refractivity contribution in [2.24, 2.45) is 0 Å². The number of rotatable bonds is 27. The second-order valence-electron chi connectivity index (χ2n) is 11.2. The van der Waals surface area contributed by atoms with E-state index in [1.807, 2.05) is 0 Å². The van der Waals surface area contributed by atoms with E-state index < -0.39 is 22.2 Å². The zero-order valence-corrected chi connectivity index (χ0v) is 26.6. The first-order valence-corrected chi connectivity index (χ1v) is 17.8. The Kier molecular flexibility index (Phi) is 23.9. The van der Waals surface area contributed by atoms with Gasteiger partial charge in [0.05, 0.1) is 19.0 Å². The third kappa shape index (κ3) is 22.7. The van der Waals surface area contributed by atoms with E-state index in [9.17, 15) is 13.2 Å². The molecule has 10 heteroatoms. The van der Waals surface area contributed by atoms with Crippen molar-refractivity contribution in [2.75, 3.05) is 65.4 Å². The molecular formula is C30H61N3O6S. The Hall–Kier alpha value is -0.940. The molecule has 0 saturated carbocycles. The smallest absolute Gasteiger partial charge is 0.407 e. The van der Waals surface area contributed by atoms with E-state index in [-0.39, 0.29) is 18.9 Å². The fourth-order valence-corrected chi connectivity index (χ4v) is 5.98. The third-order valence-corrected chi connectivity index (χ3v) is 8.99. The van der Waals surface area contributed by atoms with Crippen LogP contribution in [0.2, 0.25) is 0 Å². The van der Waals surface area contributed by atoms with E-state index >= 15 is 0 Å². The number of carbonyl (C=O) groups excluding carboxylic acids is 1. The van der Waals surface area contributed by atoms with Crippen molar-refractivity contribution in [2.45, 2.75) is 122 Å². The molecule has 1 atom stereocenters. The van der Waals surface area contributed by atoms with Crippen molar-refractivity contribution in [3.8, 4) is 0 Å². The standard InChI is InChI=1S/C30H61N3O6S/c1-3-4-5-6-7-8-9-10-11-12-13-14-15-16-17-18-20-31-30(34)39-28-29(37-2)27-32-40(35,36)26-19-21-33-22-24-38-25-23-33/h29,32H,3-28H2,1-2H3,(H,31,34). The molecular weight excluding hydrogens is 530 g/mol. The number of nitrogens with one attached hydrogen (secondary N) is 2. The summed E-state index contributed by atoms with van der Waals surface area (Å²) in [6, 6.07) is 0. The van der Waals surface area contributed by atoms with Gasteiger partial charge in [0, 0.05) is 33.3 Å². The monoisotopic (exact) mass is 591 g/mol. The molecule has 0 aromatic heterocycles. The van der Waals surface area contributed by atoms with Crippen LogP contribution in [0.3, 0.4) is 0 Å². The highest BCUT2D eigenvalue weighted by atomic mass is 32.2. The molecule has 1 aliphatic rings. The lowest BCUT2D eigenvalue weighted by molar-refractivity contribution is 0.0378. The lowest BCUT2D eigenvalue weighted by Gasteiger charge is -2.26. The Labute approximate surface area is 245 Å². The zero-order chi connectivity index (χ0) is 29.2. The number of alkyl carbamates (subject to hydrolysis) is 1. The topological polar surface area (TPSA) is 106 Å². The number of unbranched alkanes of at least 4 members (excludes halogenated alkanes) is 15. The Balaban J connectivity index is 1.91. The van der Waals surface area contributed by atoms with E-state index in [1.54, 1.807) is 0 Å². The summed E-state index contributed by atoms with van der Waals surface area (Å²) in [5, 5.41) is 2.77. The summed E-state index contributed by atoms with van der Waals surface area (Å²) in [7, 11) is -1.93. The molecule has 0 radical (unpaired) electrons. The van der Waals surface area contributed by atoms with Crippen molar-refractivity contribution in [1.82, 2.24) is 14.9 Å². The highest BCUT2D eigenvalue weighted by Crippen LogP contribution is 2.13. The first-order valence-electron chi connectivity index (χ1n) is 16.2. The normalized spacial score (nSPS) is 15.2. The molecule has 0 aromatic carbocycles. The predicted octanol–water partition coefficient (Wildman–Crippen LogP) is 5.63. The molecule has 1 amide bonds. The van der Waals surface area contributed by atoms with E-state index in [4.69, 9.17) is 14.2 Å². The maximum Gasteiger partial charge on any atom is 0.407 e. The fourth-order valence-electron chi connectivity index (χ4n) is 4.89. The quantitative estimate of drug-likeness (QED) is 0.119. The summed E-state index contributed by atoms with van der Waals surface area (Å²) in [5.74, 6) is 0.0570. The minimum Gasteiger partial charge on any atom is -0.447 e. The second kappa shape index (κ2) is 25.7. The summed E-state index contributed by atoms with van der Waals surface area (Å²) in [6.07, 6.45) is 20.6. The average molecular weight is 592 g/mol. The number of methoxy groups -OCH3 is 1. The van der Waals surface area contributed by atoms with Crippen LogP contribution in [-0.4, -0.2) is 90.9 Å². The number of ether oxygens (including phenoxy) is 3. The van der Waals surface area contributed by atoms with Crippen molar-refractivity contribution in [1.29, 1.82) is 0 Å². The molecule has 238 valence electrons. The van der Waals surface area contributed by atoms with E-state index in [2.05, 4.69) is 21.9 Å². The Morgan fingerprint density at radius 2 is 1.35 bits per heavy atom. The van der Waals surface area contributed by atoms with Crippen molar-refractivity contribution in [3.63, 3.8) is 0 Å². The number of hydrogen-bond acceptors (Lipinski definition) is 7. The molecule has 0 aliphatic carbocycles. The fraction of sp³-hybridized carbons (Fsp3) is 0.967. The van der Waals surface area contributed by atoms with Crippen LogP contribution in [0.4, 0.5) is 4.79 Å². The Morgan fingerprint density at radius 3 is 1.88 bits per heavy atom. The van der Waals surface area contributed by atoms with Crippen molar-refractivity contribution < 1.29 is 27.4 Å². The van der Waals surface area contributed by atoms with Gasteiger partial charge in [0.25, 0.3) is 0 Å². The molecule has 9 nitrogen and oxygen atoms in total. The largest absolute Gasteiger partial charge is 0.447 e. The molecule has 1 rings (SSSR count). The van der Waals surface area contributed by atoms with Gasteiger partial charge in [-0.1, -0.05) is 103 Å². The van der Waals surface area contributed by atoms with Gasteiger partial charge in [0.15, 0.2) is 0 Å². The van der Waals surface area contributed by atoms with Gasteiger partial charge in [-0.3, -0.25) is 4.90 Å². The molecule has 40 heavy (non-hydrogen) atoms. The summed E-state index contributed by atoms with van der Waals surface area (Å²) in [6.45, 7) is 6.76. The maximum absolute atomic E-state index is 12.3. The minimum atomic E-state index is -3.41. The van der Waals surface area contributed by atoms with E-state index in [0.717, 1.165) is 32.5 Å². The summed E-state index contributed by atoms with van der Waals surface area (Å²) >= 11 is 0. The molecule has 0 bridgehead atoms. The zero-order valence-electron chi connectivity index (χ0n) is 25.8. The Bertz CT molecular complexity index is 689. The molecule has 1 aliphatic heterocycles. The van der Waals surface area contributed by atoms with Gasteiger partial charge in [-0.15, -0.1) is 0 Å². The summed E-state index contributed by atoms with van der Waals surface area (Å²) in [5.41, 5.74) is 0. The van der Waals surface area contributed by atoms with Gasteiger partial charge in [-0.05, 0) is 19.4 Å². The lowest BCUT2D eigenvalue weighted by Crippen LogP contribution is -2.40. The second-order valence-corrected chi connectivity index (χ2v) is 13.1. The molecule has 0 aromatic rings. The van der Waals surface area contributed by atoms with Crippen LogP contribution in [0, 0.1) is 0 Å². The van der Waals surface area contributed by atoms with E-state index in [1.165, 1.54) is 97.0 Å². The predicted molar refractivity (Wildman–Crippen MR) is 163 cm³/mol. The van der Waals surface area contributed by atoms with Crippen molar-refractivity contribution >= 4 is 16.1 Å². The maximum atomic E-state index is 12.3. The summed E-state index contributed by atoms with van der Waals surface area (Å²) < 4.78 is 42.9. The van der Waals surface area contributed by atoms with Crippen LogP contribution in [0.15, 0.2) is 0 Å². The van der Waals surface area contributed by atoms with Gasteiger partial charge in [-0.2, -0.15) is 0 Å². The van der Waals surface area contributed by atoms with Crippen LogP contribution in [0.25, 0.3) is 0 Å². The highest BCUT2D eigenvalue weighted by Gasteiger charge is 2.17. The lowest BCUT2D eigenvalue weighted by atomic mass is 10.0. The number of hydrogen-bond donors (Lipinski definition) is 2. The van der Waals surface area contributed by atoms with Gasteiger partial charge < -0.3 is 19.5 Å². The van der Waals surface area contributed by atoms with Crippen LogP contribution in [0.1, 0.15) is 116 Å². The van der Waals surface area contributed by atoms with Crippen molar-refractivity contribution in [3.05, 3.63) is 0 Å². The molecule has 1 saturated heterocycles. The molecule has 0 spiro atoms. The number of sulfonamides is 1. The molecule has 1 heterocycles. The van der Waals surface area contributed by atoms with Gasteiger partial charge in [0.1, 0.15) is 12.7 Å². The van der Waals surface area contributed by atoms with Crippen LogP contribution < -0.4 is 10.0 Å². The SMILES string of the molecule is CCCCCCCCCCCCCCCCCCNC(=O)OCC(CNS(=O)(=O)CCCN1CCOCC1)OC. The molecule has 1 fully saturated rings. The average Bonchev–Trinajstić information content (AvgIpc) is 2.95. The first kappa shape index (κ1) is 37.1. The van der Waals surface area contributed by atoms with Gasteiger partial charge >= 0.3 is 6.09 Å². The minimum absolute atomic E-state index is 0.00239. The van der Waals surface area contributed by atoms with Gasteiger partial charge in [0.2, 0.25) is 10.0 Å². The van der Waals surface area contributed by atoms with Crippen LogP contribution in [-0.2, 0) is 24.2 Å². The third-order valence-electron chi connectivity index (χ3n) is 7.56. The summed E-state index contributed by atoms with van der Waals surface area (Å²) in [4.78, 5) is 14.2. The molecule has 2 N–H and O–H groups in total. The van der Waals surface area contributed by atoms with E-state index in [0.29, 0.717) is 26.2 Å². The number of amides is 1. The van der Waals surface area contributed by atoms with Crippen LogP contribution in [0.5, 0.6) is 0 Å². The number of nitrogens with zero attached hydrogens (tertiary/aromatic N) is 1. The van der Waals surface area contributed by atoms with Gasteiger partial charge in [-0.25, -0.2) is 17.9 Å². The Morgan fingerprint density at radius 1 is 0.825 bits per heavy atom. The number of morpholine rings is 1. The van der Waals surface area contributed by atoms with Crippen LogP contribution >= 0.6 is 0 Å². The first-order chi connectivity index (χ1) is 19.5. The highest BCUT2D eigenvalue weighted by molar-refractivity contribution is 7.89. The molecule has 1 unspecified atom stereocenters.